The Morgan fingerprint density at radius 1 is 1.20 bits per heavy atom. The van der Waals surface area contributed by atoms with Gasteiger partial charge in [0.25, 0.3) is 0 Å². The second kappa shape index (κ2) is 6.82. The largest absolute Gasteiger partial charge is 0.492 e. The molecule has 0 spiro atoms. The van der Waals surface area contributed by atoms with Gasteiger partial charge in [-0.25, -0.2) is 4.79 Å². The lowest BCUT2D eigenvalue weighted by Crippen LogP contribution is -2.11. The van der Waals surface area contributed by atoms with Crippen LogP contribution in [0.1, 0.15) is 10.4 Å². The van der Waals surface area contributed by atoms with E-state index in [9.17, 15) is 4.79 Å². The molecule has 0 saturated heterocycles. The summed E-state index contributed by atoms with van der Waals surface area (Å²) in [6.45, 7) is 1.02. The lowest BCUT2D eigenvalue weighted by molar-refractivity contribution is 0.0696. The highest BCUT2D eigenvalue weighted by Crippen LogP contribution is 2.15. The molecular formula is C15H14ClNO3. The van der Waals surface area contributed by atoms with Crippen LogP contribution in [0.25, 0.3) is 0 Å². The Hall–Kier alpha value is -2.20. The smallest absolute Gasteiger partial charge is 0.335 e. The molecule has 0 aromatic heterocycles. The van der Waals surface area contributed by atoms with E-state index in [0.29, 0.717) is 23.9 Å². The molecule has 0 radical (unpaired) electrons. The summed E-state index contributed by atoms with van der Waals surface area (Å²) in [5.41, 5.74) is 1.13. The topological polar surface area (TPSA) is 58.6 Å². The monoisotopic (exact) mass is 291 g/mol. The van der Waals surface area contributed by atoms with E-state index >= 15 is 0 Å². The molecule has 0 fully saturated rings. The molecule has 0 atom stereocenters. The quantitative estimate of drug-likeness (QED) is 0.799. The Labute approximate surface area is 122 Å². The van der Waals surface area contributed by atoms with Crippen molar-refractivity contribution < 1.29 is 14.6 Å². The van der Waals surface area contributed by atoms with Crippen molar-refractivity contribution in [3.8, 4) is 5.75 Å². The number of ether oxygens (including phenoxy) is 1. The van der Waals surface area contributed by atoms with E-state index in [0.717, 1.165) is 5.69 Å². The summed E-state index contributed by atoms with van der Waals surface area (Å²) in [5, 5.41) is 12.7. The van der Waals surface area contributed by atoms with Crippen molar-refractivity contribution in [2.75, 3.05) is 18.5 Å². The van der Waals surface area contributed by atoms with E-state index in [4.69, 9.17) is 21.4 Å². The van der Waals surface area contributed by atoms with Gasteiger partial charge < -0.3 is 15.2 Å². The van der Waals surface area contributed by atoms with Crippen LogP contribution in [0, 0.1) is 0 Å². The number of nitrogens with one attached hydrogen (secondary N) is 1. The van der Waals surface area contributed by atoms with Gasteiger partial charge in [-0.1, -0.05) is 23.7 Å². The standard InChI is InChI=1S/C15H14ClNO3/c16-12-4-2-5-13(10-12)17-7-8-20-14-6-1-3-11(9-14)15(18)19/h1-6,9-10,17H,7-8H2,(H,18,19). The third kappa shape index (κ3) is 4.17. The van der Waals surface area contributed by atoms with Crippen LogP contribution < -0.4 is 10.1 Å². The van der Waals surface area contributed by atoms with Gasteiger partial charge in [-0.2, -0.15) is 0 Å². The van der Waals surface area contributed by atoms with Gasteiger partial charge in [0, 0.05) is 17.3 Å². The Morgan fingerprint density at radius 2 is 2.00 bits per heavy atom. The molecule has 0 aliphatic heterocycles. The van der Waals surface area contributed by atoms with Gasteiger partial charge in [0.1, 0.15) is 12.4 Å². The molecule has 2 aromatic carbocycles. The summed E-state index contributed by atoms with van der Waals surface area (Å²) in [5.74, 6) is -0.426. The number of anilines is 1. The first-order chi connectivity index (χ1) is 9.65. The highest BCUT2D eigenvalue weighted by Gasteiger charge is 2.03. The van der Waals surface area contributed by atoms with Crippen LogP contribution in [0.2, 0.25) is 5.02 Å². The Bertz CT molecular complexity index is 601. The van der Waals surface area contributed by atoms with Crippen molar-refractivity contribution in [2.45, 2.75) is 0 Å². The minimum Gasteiger partial charge on any atom is -0.492 e. The number of rotatable bonds is 6. The van der Waals surface area contributed by atoms with Gasteiger partial charge in [-0.3, -0.25) is 0 Å². The van der Waals surface area contributed by atoms with Crippen LogP contribution in [0.15, 0.2) is 48.5 Å². The van der Waals surface area contributed by atoms with Crippen LogP contribution >= 0.6 is 11.6 Å². The number of hydrogen-bond acceptors (Lipinski definition) is 3. The minimum atomic E-state index is -0.965. The summed E-state index contributed by atoms with van der Waals surface area (Å²) in [7, 11) is 0. The van der Waals surface area contributed by atoms with E-state index in [-0.39, 0.29) is 5.56 Å². The molecule has 5 heteroatoms. The van der Waals surface area contributed by atoms with Crippen LogP contribution in [0.3, 0.4) is 0 Å². The number of aromatic carboxylic acids is 1. The fourth-order valence-corrected chi connectivity index (χ4v) is 1.87. The first kappa shape index (κ1) is 14.2. The molecular weight excluding hydrogens is 278 g/mol. The normalized spacial score (nSPS) is 10.1. The van der Waals surface area contributed by atoms with Gasteiger partial charge in [0.05, 0.1) is 5.56 Å². The molecule has 0 aliphatic carbocycles. The number of benzene rings is 2. The molecule has 2 rings (SSSR count). The summed E-state index contributed by atoms with van der Waals surface area (Å²) < 4.78 is 5.49. The molecule has 2 N–H and O–H groups in total. The maximum Gasteiger partial charge on any atom is 0.335 e. The van der Waals surface area contributed by atoms with Gasteiger partial charge in [0.15, 0.2) is 0 Å². The molecule has 20 heavy (non-hydrogen) atoms. The second-order valence-corrected chi connectivity index (χ2v) is 4.56. The first-order valence-corrected chi connectivity index (χ1v) is 6.48. The maximum absolute atomic E-state index is 10.8. The molecule has 0 amide bonds. The molecule has 0 aliphatic rings. The second-order valence-electron chi connectivity index (χ2n) is 4.12. The van der Waals surface area contributed by atoms with Crippen molar-refractivity contribution in [3.63, 3.8) is 0 Å². The molecule has 0 heterocycles. The maximum atomic E-state index is 10.8. The molecule has 0 saturated carbocycles. The zero-order valence-corrected chi connectivity index (χ0v) is 11.4. The van der Waals surface area contributed by atoms with Crippen LogP contribution in [0.5, 0.6) is 5.75 Å². The predicted octanol–water partition coefficient (Wildman–Crippen LogP) is 3.53. The van der Waals surface area contributed by atoms with Gasteiger partial charge in [-0.15, -0.1) is 0 Å². The third-order valence-corrected chi connectivity index (χ3v) is 2.84. The Balaban J connectivity index is 1.81. The van der Waals surface area contributed by atoms with Crippen molar-refractivity contribution in [2.24, 2.45) is 0 Å². The summed E-state index contributed by atoms with van der Waals surface area (Å²) in [4.78, 5) is 10.8. The third-order valence-electron chi connectivity index (χ3n) is 2.61. The lowest BCUT2D eigenvalue weighted by atomic mass is 10.2. The fourth-order valence-electron chi connectivity index (χ4n) is 1.68. The van der Waals surface area contributed by atoms with E-state index in [2.05, 4.69) is 5.32 Å². The van der Waals surface area contributed by atoms with Gasteiger partial charge in [0.2, 0.25) is 0 Å². The van der Waals surface area contributed by atoms with Crippen LogP contribution in [-0.4, -0.2) is 24.2 Å². The molecule has 2 aromatic rings. The number of carbonyl (C=O) groups is 1. The predicted molar refractivity (Wildman–Crippen MR) is 78.8 cm³/mol. The number of halogens is 1. The van der Waals surface area contributed by atoms with E-state index < -0.39 is 5.97 Å². The zero-order chi connectivity index (χ0) is 14.4. The number of carboxylic acid groups (broad SMARTS) is 1. The van der Waals surface area contributed by atoms with Crippen LogP contribution in [-0.2, 0) is 0 Å². The highest BCUT2D eigenvalue weighted by atomic mass is 35.5. The van der Waals surface area contributed by atoms with E-state index in [1.807, 2.05) is 18.2 Å². The van der Waals surface area contributed by atoms with E-state index in [1.54, 1.807) is 18.2 Å². The SMILES string of the molecule is O=C(O)c1cccc(OCCNc2cccc(Cl)c2)c1. The first-order valence-electron chi connectivity index (χ1n) is 6.11. The van der Waals surface area contributed by atoms with Gasteiger partial charge in [-0.05, 0) is 36.4 Å². The van der Waals surface area contributed by atoms with Gasteiger partial charge >= 0.3 is 5.97 Å². The zero-order valence-electron chi connectivity index (χ0n) is 10.7. The number of carboxylic acids is 1. The summed E-state index contributed by atoms with van der Waals surface area (Å²) >= 11 is 5.87. The molecule has 4 nitrogen and oxygen atoms in total. The lowest BCUT2D eigenvalue weighted by Gasteiger charge is -2.09. The molecule has 0 bridgehead atoms. The van der Waals surface area contributed by atoms with E-state index in [1.165, 1.54) is 12.1 Å². The van der Waals surface area contributed by atoms with Crippen molar-refractivity contribution in [1.82, 2.24) is 0 Å². The molecule has 0 unspecified atom stereocenters. The minimum absolute atomic E-state index is 0.213. The van der Waals surface area contributed by atoms with Crippen molar-refractivity contribution in [1.29, 1.82) is 0 Å². The van der Waals surface area contributed by atoms with Crippen LogP contribution in [0.4, 0.5) is 5.69 Å². The average molecular weight is 292 g/mol. The fraction of sp³-hybridized carbons (Fsp3) is 0.133. The summed E-state index contributed by atoms with van der Waals surface area (Å²) in [6.07, 6.45) is 0. The summed E-state index contributed by atoms with van der Waals surface area (Å²) in [6, 6.07) is 13.8. The average Bonchev–Trinajstić information content (AvgIpc) is 2.44. The highest BCUT2D eigenvalue weighted by molar-refractivity contribution is 6.30. The van der Waals surface area contributed by atoms with Crippen molar-refractivity contribution >= 4 is 23.3 Å². The van der Waals surface area contributed by atoms with Crippen molar-refractivity contribution in [3.05, 3.63) is 59.1 Å². The molecule has 104 valence electrons. The Morgan fingerprint density at radius 3 is 2.75 bits per heavy atom. The number of hydrogen-bond donors (Lipinski definition) is 2. The Kier molecular flexibility index (Phi) is 4.85.